The molecule has 4 rings (SSSR count). The van der Waals surface area contributed by atoms with Crippen LogP contribution in [-0.2, 0) is 6.42 Å². The van der Waals surface area contributed by atoms with Crippen LogP contribution in [0.1, 0.15) is 38.7 Å². The minimum atomic E-state index is -0.00709. The first-order chi connectivity index (χ1) is 12.9. The molecule has 0 aliphatic heterocycles. The van der Waals surface area contributed by atoms with Gasteiger partial charge in [-0.25, -0.2) is 4.98 Å². The van der Waals surface area contributed by atoms with Crippen LogP contribution in [0, 0.1) is 27.7 Å². The van der Waals surface area contributed by atoms with Crippen LogP contribution in [0.5, 0.6) is 0 Å². The first kappa shape index (κ1) is 17.1. The molecule has 2 N–H and O–H groups in total. The van der Waals surface area contributed by atoms with Crippen molar-refractivity contribution >= 4 is 16.8 Å². The van der Waals surface area contributed by atoms with Crippen molar-refractivity contribution in [2.75, 3.05) is 0 Å². The van der Waals surface area contributed by atoms with Gasteiger partial charge >= 0.3 is 0 Å². The number of hydrogen-bond donors (Lipinski definition) is 2. The van der Waals surface area contributed by atoms with Crippen molar-refractivity contribution in [3.63, 3.8) is 0 Å². The molecule has 27 heavy (non-hydrogen) atoms. The minimum Gasteiger partial charge on any atom is -0.339 e. The normalized spacial score (nSPS) is 11.3. The van der Waals surface area contributed by atoms with E-state index in [1.165, 1.54) is 0 Å². The molecule has 0 bridgehead atoms. The van der Waals surface area contributed by atoms with Gasteiger partial charge in [-0.15, -0.1) is 0 Å². The summed E-state index contributed by atoms with van der Waals surface area (Å²) in [6, 6.07) is 8.13. The Bertz CT molecular complexity index is 1170. The molecule has 0 spiro atoms. The number of nitrogens with zero attached hydrogens (tertiary/aromatic N) is 3. The summed E-state index contributed by atoms with van der Waals surface area (Å²) in [4.78, 5) is 24.9. The summed E-state index contributed by atoms with van der Waals surface area (Å²) in [5.74, 6) is -0.00709. The van der Waals surface area contributed by atoms with Gasteiger partial charge in [0.25, 0.3) is 0 Å². The third-order valence-corrected chi connectivity index (χ3v) is 4.92. The third-order valence-electron chi connectivity index (χ3n) is 4.92. The number of ketones is 1. The van der Waals surface area contributed by atoms with Gasteiger partial charge in [0.05, 0.1) is 0 Å². The molecule has 0 saturated heterocycles. The molecule has 4 heterocycles. The van der Waals surface area contributed by atoms with Crippen LogP contribution in [0.15, 0.2) is 30.5 Å². The van der Waals surface area contributed by atoms with Crippen LogP contribution in [-0.4, -0.2) is 30.9 Å². The average molecular weight is 359 g/mol. The van der Waals surface area contributed by atoms with E-state index in [2.05, 4.69) is 37.3 Å². The van der Waals surface area contributed by atoms with E-state index in [0.29, 0.717) is 5.69 Å². The number of carbonyl (C=O) groups is 1. The van der Waals surface area contributed by atoms with E-state index in [0.717, 1.165) is 50.5 Å². The molecule has 0 aliphatic carbocycles. The highest BCUT2D eigenvalue weighted by molar-refractivity contribution is 5.97. The molecule has 0 aliphatic rings. The van der Waals surface area contributed by atoms with E-state index < -0.39 is 0 Å². The second-order valence-electron chi connectivity index (χ2n) is 6.97. The van der Waals surface area contributed by atoms with Crippen molar-refractivity contribution in [3.05, 3.63) is 64.4 Å². The molecule has 0 amide bonds. The topological polar surface area (TPSA) is 87.3 Å². The largest absolute Gasteiger partial charge is 0.339 e. The molecule has 0 aromatic carbocycles. The van der Waals surface area contributed by atoms with E-state index in [1.54, 1.807) is 6.20 Å². The van der Waals surface area contributed by atoms with Crippen molar-refractivity contribution in [3.8, 4) is 11.3 Å². The number of H-pyrrole nitrogens is 2. The van der Waals surface area contributed by atoms with E-state index >= 15 is 0 Å². The fourth-order valence-electron chi connectivity index (χ4n) is 3.30. The fourth-order valence-corrected chi connectivity index (χ4v) is 3.30. The number of Topliss-reactive ketones (excluding diaryl/α,β-unsaturated/α-hetero) is 1. The maximum Gasteiger partial charge on any atom is 0.187 e. The smallest absolute Gasteiger partial charge is 0.187 e. The molecule has 136 valence electrons. The molecular formula is C21H21N5O. The number of carbonyl (C=O) groups excluding carboxylic acids is 1. The zero-order chi connectivity index (χ0) is 19.1. The molecule has 0 atom stereocenters. The lowest BCUT2D eigenvalue weighted by Gasteiger charge is -2.03. The zero-order valence-corrected chi connectivity index (χ0v) is 15.8. The highest BCUT2D eigenvalue weighted by atomic mass is 16.1. The molecule has 0 radical (unpaired) electrons. The Labute approximate surface area is 157 Å². The lowest BCUT2D eigenvalue weighted by atomic mass is 10.0. The van der Waals surface area contributed by atoms with Gasteiger partial charge in [0.2, 0.25) is 0 Å². The van der Waals surface area contributed by atoms with Gasteiger partial charge in [0, 0.05) is 51.9 Å². The molecule has 4 aromatic rings. The Morgan fingerprint density at radius 3 is 2.63 bits per heavy atom. The summed E-state index contributed by atoms with van der Waals surface area (Å²) in [5.41, 5.74) is 8.00. The SMILES string of the molecule is Cc1ccc(-c2cc3cc(CC(=O)c4n[nH]c(C)c4C)cnc3[nH]2)c(C)n1. The predicted octanol–water partition coefficient (Wildman–Crippen LogP) is 4.01. The standard InChI is InChI=1S/C21H21N5O/c1-11-5-6-17(14(4)23-11)18-9-16-7-15(10-22-21(16)24-18)8-19(27)20-12(2)13(3)25-26-20/h5-7,9-10H,8H2,1-4H3,(H,22,24)(H,25,26). The Kier molecular flexibility index (Phi) is 4.11. The number of rotatable bonds is 4. The monoisotopic (exact) mass is 359 g/mol. The van der Waals surface area contributed by atoms with Crippen LogP contribution in [0.25, 0.3) is 22.3 Å². The maximum atomic E-state index is 12.6. The van der Waals surface area contributed by atoms with Crippen LogP contribution >= 0.6 is 0 Å². The minimum absolute atomic E-state index is 0.00709. The average Bonchev–Trinajstić information content (AvgIpc) is 3.18. The summed E-state index contributed by atoms with van der Waals surface area (Å²) < 4.78 is 0. The van der Waals surface area contributed by atoms with Crippen LogP contribution in [0.3, 0.4) is 0 Å². The van der Waals surface area contributed by atoms with Gasteiger partial charge < -0.3 is 4.98 Å². The number of aryl methyl sites for hydroxylation is 3. The van der Waals surface area contributed by atoms with Gasteiger partial charge in [-0.05, 0) is 57.5 Å². The lowest BCUT2D eigenvalue weighted by Crippen LogP contribution is -2.06. The lowest BCUT2D eigenvalue weighted by molar-refractivity contribution is 0.0987. The summed E-state index contributed by atoms with van der Waals surface area (Å²) in [7, 11) is 0. The van der Waals surface area contributed by atoms with Crippen LogP contribution in [0.4, 0.5) is 0 Å². The third kappa shape index (κ3) is 3.14. The molecule has 4 aromatic heterocycles. The van der Waals surface area contributed by atoms with E-state index in [1.807, 2.05) is 39.8 Å². The van der Waals surface area contributed by atoms with E-state index in [9.17, 15) is 4.79 Å². The molecule has 0 unspecified atom stereocenters. The molecular weight excluding hydrogens is 338 g/mol. The van der Waals surface area contributed by atoms with Gasteiger partial charge in [0.1, 0.15) is 11.3 Å². The number of aromatic nitrogens is 5. The number of nitrogens with one attached hydrogen (secondary N) is 2. The van der Waals surface area contributed by atoms with Gasteiger partial charge in [0.15, 0.2) is 5.78 Å². The Hall–Kier alpha value is -3.28. The van der Waals surface area contributed by atoms with Gasteiger partial charge in [-0.2, -0.15) is 5.10 Å². The number of hydrogen-bond acceptors (Lipinski definition) is 4. The molecule has 0 saturated carbocycles. The number of aromatic amines is 2. The highest BCUT2D eigenvalue weighted by Gasteiger charge is 2.16. The second kappa shape index (κ2) is 6.46. The maximum absolute atomic E-state index is 12.6. The van der Waals surface area contributed by atoms with Crippen LogP contribution in [0.2, 0.25) is 0 Å². The molecule has 6 nitrogen and oxygen atoms in total. The quantitative estimate of drug-likeness (QED) is 0.539. The Morgan fingerprint density at radius 2 is 1.93 bits per heavy atom. The summed E-state index contributed by atoms with van der Waals surface area (Å²) in [6.07, 6.45) is 2.02. The van der Waals surface area contributed by atoms with Crippen molar-refractivity contribution in [1.29, 1.82) is 0 Å². The van der Waals surface area contributed by atoms with Crippen molar-refractivity contribution in [2.45, 2.75) is 34.1 Å². The van der Waals surface area contributed by atoms with Gasteiger partial charge in [-0.1, -0.05) is 0 Å². The van der Waals surface area contributed by atoms with E-state index in [4.69, 9.17) is 0 Å². The van der Waals surface area contributed by atoms with Gasteiger partial charge in [-0.3, -0.25) is 14.9 Å². The fraction of sp³-hybridized carbons (Fsp3) is 0.238. The number of fused-ring (bicyclic) bond motifs is 1. The Morgan fingerprint density at radius 1 is 1.11 bits per heavy atom. The first-order valence-corrected chi connectivity index (χ1v) is 8.89. The summed E-state index contributed by atoms with van der Waals surface area (Å²) in [6.45, 7) is 7.80. The summed E-state index contributed by atoms with van der Waals surface area (Å²) >= 11 is 0. The van der Waals surface area contributed by atoms with Crippen LogP contribution < -0.4 is 0 Å². The second-order valence-corrected chi connectivity index (χ2v) is 6.97. The highest BCUT2D eigenvalue weighted by Crippen LogP contribution is 2.26. The summed E-state index contributed by atoms with van der Waals surface area (Å²) in [5, 5.41) is 7.97. The molecule has 6 heteroatoms. The molecule has 0 fully saturated rings. The predicted molar refractivity (Wildman–Crippen MR) is 105 cm³/mol. The first-order valence-electron chi connectivity index (χ1n) is 8.89. The van der Waals surface area contributed by atoms with Crippen molar-refractivity contribution < 1.29 is 4.79 Å². The van der Waals surface area contributed by atoms with Crippen molar-refractivity contribution in [1.82, 2.24) is 25.1 Å². The Balaban J connectivity index is 1.65. The zero-order valence-electron chi connectivity index (χ0n) is 15.8. The van der Waals surface area contributed by atoms with Crippen molar-refractivity contribution in [2.24, 2.45) is 0 Å². The number of pyridine rings is 2. The van der Waals surface area contributed by atoms with E-state index in [-0.39, 0.29) is 12.2 Å².